The zero-order chi connectivity index (χ0) is 18.7. The second kappa shape index (κ2) is 8.16. The van der Waals surface area contributed by atoms with E-state index in [4.69, 9.17) is 23.2 Å². The van der Waals surface area contributed by atoms with Gasteiger partial charge in [0.15, 0.2) is 5.16 Å². The van der Waals surface area contributed by atoms with Crippen molar-refractivity contribution >= 4 is 46.6 Å². The number of nitrogens with zero attached hydrogens (tertiary/aromatic N) is 2. The van der Waals surface area contributed by atoms with Gasteiger partial charge in [-0.2, -0.15) is 0 Å². The Hall–Kier alpha value is -1.95. The fourth-order valence-corrected chi connectivity index (χ4v) is 3.63. The van der Waals surface area contributed by atoms with E-state index in [1.54, 1.807) is 18.2 Å². The predicted octanol–water partition coefficient (Wildman–Crippen LogP) is 5.51. The van der Waals surface area contributed by atoms with Gasteiger partial charge in [-0.15, -0.1) is 0 Å². The Balaban J connectivity index is 1.72. The van der Waals surface area contributed by atoms with Crippen LogP contribution < -0.4 is 5.32 Å². The van der Waals surface area contributed by atoms with Crippen LogP contribution in [-0.2, 0) is 11.8 Å². The van der Waals surface area contributed by atoms with E-state index in [0.29, 0.717) is 15.7 Å². The van der Waals surface area contributed by atoms with Gasteiger partial charge >= 0.3 is 0 Å². The van der Waals surface area contributed by atoms with Gasteiger partial charge in [-0.1, -0.05) is 71.4 Å². The number of hydrogen-bond donors (Lipinski definition) is 1. The molecule has 3 aromatic rings. The minimum atomic E-state index is -0.352. The molecule has 0 radical (unpaired) electrons. The molecule has 0 saturated carbocycles. The molecule has 0 aliphatic carbocycles. The van der Waals surface area contributed by atoms with Crippen molar-refractivity contribution in [2.45, 2.75) is 17.3 Å². The van der Waals surface area contributed by atoms with Crippen LogP contribution in [0.25, 0.3) is 11.3 Å². The van der Waals surface area contributed by atoms with Gasteiger partial charge in [-0.3, -0.25) is 4.79 Å². The van der Waals surface area contributed by atoms with Crippen molar-refractivity contribution in [1.82, 2.24) is 9.55 Å². The number of hydrogen-bond acceptors (Lipinski definition) is 3. The summed E-state index contributed by atoms with van der Waals surface area (Å²) in [6.45, 7) is 1.83. The predicted molar refractivity (Wildman–Crippen MR) is 109 cm³/mol. The maximum absolute atomic E-state index is 12.5. The highest BCUT2D eigenvalue weighted by Crippen LogP contribution is 2.31. The van der Waals surface area contributed by atoms with Crippen molar-refractivity contribution in [2.24, 2.45) is 7.05 Å². The fraction of sp³-hybridized carbons (Fsp3) is 0.158. The lowest BCUT2D eigenvalue weighted by molar-refractivity contribution is -0.115. The molecule has 3 rings (SSSR count). The normalized spacial score (nSPS) is 12.0. The number of thioether (sulfide) groups is 1. The summed E-state index contributed by atoms with van der Waals surface area (Å²) in [5.74, 6) is -0.163. The van der Waals surface area contributed by atoms with Gasteiger partial charge in [-0.05, 0) is 24.6 Å². The Morgan fingerprint density at radius 1 is 1.15 bits per heavy atom. The van der Waals surface area contributed by atoms with Crippen LogP contribution in [0.1, 0.15) is 6.92 Å². The van der Waals surface area contributed by atoms with E-state index in [1.807, 2.05) is 55.1 Å². The number of nitrogens with one attached hydrogen (secondary N) is 1. The first-order valence-corrected chi connectivity index (χ1v) is 9.59. The first kappa shape index (κ1) is 18.8. The van der Waals surface area contributed by atoms with Crippen molar-refractivity contribution in [3.05, 3.63) is 64.8 Å². The van der Waals surface area contributed by atoms with E-state index in [9.17, 15) is 4.79 Å². The minimum absolute atomic E-state index is 0.163. The topological polar surface area (TPSA) is 46.9 Å². The molecule has 134 valence electrons. The Bertz CT molecular complexity index is 928. The zero-order valence-electron chi connectivity index (χ0n) is 14.2. The number of anilines is 1. The maximum atomic E-state index is 12.5. The lowest BCUT2D eigenvalue weighted by Gasteiger charge is -2.13. The van der Waals surface area contributed by atoms with Gasteiger partial charge in [0.05, 0.1) is 32.9 Å². The molecule has 1 heterocycles. The summed E-state index contributed by atoms with van der Waals surface area (Å²) in [5, 5.41) is 3.97. The van der Waals surface area contributed by atoms with Crippen LogP contribution in [0, 0.1) is 0 Å². The van der Waals surface area contributed by atoms with Crippen molar-refractivity contribution in [2.75, 3.05) is 5.32 Å². The number of carbonyl (C=O) groups excluding carboxylic acids is 1. The van der Waals surface area contributed by atoms with Gasteiger partial charge < -0.3 is 9.88 Å². The lowest BCUT2D eigenvalue weighted by Crippen LogP contribution is -2.23. The number of carbonyl (C=O) groups is 1. The molecule has 26 heavy (non-hydrogen) atoms. The van der Waals surface area contributed by atoms with Crippen LogP contribution in [-0.4, -0.2) is 20.7 Å². The molecule has 0 bridgehead atoms. The van der Waals surface area contributed by atoms with Gasteiger partial charge in [0.1, 0.15) is 0 Å². The third kappa shape index (κ3) is 4.06. The maximum Gasteiger partial charge on any atom is 0.237 e. The first-order chi connectivity index (χ1) is 12.5. The highest BCUT2D eigenvalue weighted by atomic mass is 35.5. The van der Waals surface area contributed by atoms with E-state index in [-0.39, 0.29) is 11.2 Å². The smallest absolute Gasteiger partial charge is 0.237 e. The number of imidazole rings is 1. The van der Waals surface area contributed by atoms with Crippen LogP contribution >= 0.6 is 35.0 Å². The average Bonchev–Trinajstić information content (AvgIpc) is 3.00. The molecule has 0 saturated heterocycles. The highest BCUT2D eigenvalue weighted by Gasteiger charge is 2.19. The van der Waals surface area contributed by atoms with Gasteiger partial charge in [0, 0.05) is 7.05 Å². The zero-order valence-corrected chi connectivity index (χ0v) is 16.6. The molecule has 1 amide bonds. The first-order valence-electron chi connectivity index (χ1n) is 7.96. The van der Waals surface area contributed by atoms with Crippen molar-refractivity contribution in [3.8, 4) is 11.3 Å². The van der Waals surface area contributed by atoms with E-state index in [0.717, 1.165) is 16.4 Å². The lowest BCUT2D eigenvalue weighted by atomic mass is 10.2. The van der Waals surface area contributed by atoms with Crippen molar-refractivity contribution in [3.63, 3.8) is 0 Å². The monoisotopic (exact) mass is 405 g/mol. The molecule has 1 unspecified atom stereocenters. The summed E-state index contributed by atoms with van der Waals surface area (Å²) in [5.41, 5.74) is 2.58. The quantitative estimate of drug-likeness (QED) is 0.568. The Morgan fingerprint density at radius 3 is 2.62 bits per heavy atom. The highest BCUT2D eigenvalue weighted by molar-refractivity contribution is 8.00. The minimum Gasteiger partial charge on any atom is -0.324 e. The summed E-state index contributed by atoms with van der Waals surface area (Å²) in [6, 6.07) is 15.1. The van der Waals surface area contributed by atoms with E-state index in [2.05, 4.69) is 10.3 Å². The van der Waals surface area contributed by atoms with Crippen LogP contribution in [0.15, 0.2) is 59.9 Å². The Morgan fingerprint density at radius 2 is 1.88 bits per heavy atom. The number of rotatable bonds is 5. The van der Waals surface area contributed by atoms with Crippen molar-refractivity contribution in [1.29, 1.82) is 0 Å². The molecule has 0 spiro atoms. The number of aromatic nitrogens is 2. The molecule has 4 nitrogen and oxygen atoms in total. The molecule has 7 heteroatoms. The standard InChI is InChI=1S/C19H17Cl2N3OS/c1-12(18(25)23-15-10-6-9-14(20)17(15)21)26-19-22-11-16(24(19)2)13-7-4-3-5-8-13/h3-12H,1-2H3,(H,23,25). The van der Waals surface area contributed by atoms with E-state index >= 15 is 0 Å². The third-order valence-corrected chi connectivity index (χ3v) is 5.85. The van der Waals surface area contributed by atoms with Crippen LogP contribution in [0.5, 0.6) is 0 Å². The molecular formula is C19H17Cl2N3OS. The van der Waals surface area contributed by atoms with E-state index < -0.39 is 0 Å². The van der Waals surface area contributed by atoms with Gasteiger partial charge in [-0.25, -0.2) is 4.98 Å². The molecule has 1 N–H and O–H groups in total. The SMILES string of the molecule is CC(Sc1ncc(-c2ccccc2)n1C)C(=O)Nc1cccc(Cl)c1Cl. The number of amides is 1. The van der Waals surface area contributed by atoms with Crippen LogP contribution in [0.4, 0.5) is 5.69 Å². The summed E-state index contributed by atoms with van der Waals surface area (Å²) in [6.07, 6.45) is 1.82. The van der Waals surface area contributed by atoms with Crippen LogP contribution in [0.2, 0.25) is 10.0 Å². The second-order valence-corrected chi connectivity index (χ2v) is 7.79. The Kier molecular flexibility index (Phi) is 5.91. The molecular weight excluding hydrogens is 389 g/mol. The van der Waals surface area contributed by atoms with Crippen molar-refractivity contribution < 1.29 is 4.79 Å². The number of benzene rings is 2. The molecule has 1 aromatic heterocycles. The fourth-order valence-electron chi connectivity index (χ4n) is 2.43. The van der Waals surface area contributed by atoms with Crippen LogP contribution in [0.3, 0.4) is 0 Å². The van der Waals surface area contributed by atoms with Gasteiger partial charge in [0.2, 0.25) is 5.91 Å². The van der Waals surface area contributed by atoms with Gasteiger partial charge in [0.25, 0.3) is 0 Å². The Labute approximate surface area is 166 Å². The third-order valence-electron chi connectivity index (χ3n) is 3.88. The van der Waals surface area contributed by atoms with E-state index in [1.165, 1.54) is 11.8 Å². The summed E-state index contributed by atoms with van der Waals surface area (Å²) >= 11 is 13.5. The molecule has 1 atom stereocenters. The summed E-state index contributed by atoms with van der Waals surface area (Å²) in [4.78, 5) is 16.9. The molecule has 0 aliphatic rings. The summed E-state index contributed by atoms with van der Waals surface area (Å²) < 4.78 is 1.98. The molecule has 2 aromatic carbocycles. The second-order valence-electron chi connectivity index (χ2n) is 5.70. The molecule has 0 aliphatic heterocycles. The molecule has 0 fully saturated rings. The number of halogens is 2. The average molecular weight is 406 g/mol. The largest absolute Gasteiger partial charge is 0.324 e. The summed E-state index contributed by atoms with van der Waals surface area (Å²) in [7, 11) is 1.94.